The molecule has 138 valence electrons. The van der Waals surface area contributed by atoms with Crippen LogP contribution in [-0.4, -0.2) is 20.9 Å². The van der Waals surface area contributed by atoms with Crippen molar-refractivity contribution in [1.82, 2.24) is 15.0 Å². The van der Waals surface area contributed by atoms with Crippen LogP contribution in [0.15, 0.2) is 47.0 Å². The molecule has 1 atom stereocenters. The molecule has 1 saturated heterocycles. The predicted octanol–water partition coefficient (Wildman–Crippen LogP) is 5.05. The van der Waals surface area contributed by atoms with Crippen LogP contribution in [0.3, 0.4) is 0 Å². The lowest BCUT2D eigenvalue weighted by Crippen LogP contribution is -2.27. The SMILES string of the molecule is O=C1CCC(c2nc(-c3ccccc3Cl)no2)N1Cc1ccc(F)cc1Cl. The van der Waals surface area contributed by atoms with E-state index in [-0.39, 0.29) is 23.5 Å². The van der Waals surface area contributed by atoms with Crippen LogP contribution in [-0.2, 0) is 11.3 Å². The van der Waals surface area contributed by atoms with E-state index in [1.165, 1.54) is 12.1 Å². The Hall–Kier alpha value is -2.44. The fourth-order valence-electron chi connectivity index (χ4n) is 3.14. The van der Waals surface area contributed by atoms with E-state index in [9.17, 15) is 9.18 Å². The van der Waals surface area contributed by atoms with E-state index in [0.717, 1.165) is 0 Å². The first kappa shape index (κ1) is 17.9. The van der Waals surface area contributed by atoms with E-state index < -0.39 is 5.82 Å². The molecule has 1 fully saturated rings. The Kier molecular flexibility index (Phi) is 4.85. The number of aromatic nitrogens is 2. The van der Waals surface area contributed by atoms with Crippen molar-refractivity contribution in [2.24, 2.45) is 0 Å². The summed E-state index contributed by atoms with van der Waals surface area (Å²) < 4.78 is 18.7. The molecule has 0 saturated carbocycles. The molecule has 2 aromatic carbocycles. The molecule has 2 heterocycles. The summed E-state index contributed by atoms with van der Waals surface area (Å²) in [5.74, 6) is 0.246. The van der Waals surface area contributed by atoms with Gasteiger partial charge in [-0.05, 0) is 36.2 Å². The molecule has 0 N–H and O–H groups in total. The van der Waals surface area contributed by atoms with Crippen molar-refractivity contribution in [1.29, 1.82) is 0 Å². The van der Waals surface area contributed by atoms with E-state index in [2.05, 4.69) is 10.1 Å². The van der Waals surface area contributed by atoms with Gasteiger partial charge < -0.3 is 9.42 Å². The molecule has 3 aromatic rings. The number of likely N-dealkylation sites (tertiary alicyclic amines) is 1. The quantitative estimate of drug-likeness (QED) is 0.609. The van der Waals surface area contributed by atoms with Crippen molar-refractivity contribution < 1.29 is 13.7 Å². The first-order valence-electron chi connectivity index (χ1n) is 8.35. The maximum atomic E-state index is 13.3. The van der Waals surface area contributed by atoms with E-state index in [0.29, 0.717) is 40.7 Å². The van der Waals surface area contributed by atoms with E-state index in [4.69, 9.17) is 27.7 Å². The Morgan fingerprint density at radius 1 is 1.19 bits per heavy atom. The molecular formula is C19H14Cl2FN3O2. The molecule has 5 nitrogen and oxygen atoms in total. The first-order valence-corrected chi connectivity index (χ1v) is 9.10. The van der Waals surface area contributed by atoms with Crippen molar-refractivity contribution in [2.45, 2.75) is 25.4 Å². The predicted molar refractivity (Wildman–Crippen MR) is 98.7 cm³/mol. The fourth-order valence-corrected chi connectivity index (χ4v) is 3.59. The van der Waals surface area contributed by atoms with Gasteiger partial charge in [0.25, 0.3) is 0 Å². The number of carbonyl (C=O) groups excluding carboxylic acids is 1. The second-order valence-corrected chi connectivity index (χ2v) is 7.06. The second kappa shape index (κ2) is 7.29. The molecule has 1 aliphatic heterocycles. The van der Waals surface area contributed by atoms with Crippen molar-refractivity contribution in [3.8, 4) is 11.4 Å². The minimum absolute atomic E-state index is 0.0436. The molecule has 0 aliphatic carbocycles. The average molecular weight is 406 g/mol. The standard InChI is InChI=1S/C19H14Cl2FN3O2/c20-14-4-2-1-3-13(14)18-23-19(27-24-18)16-7-8-17(26)25(16)10-11-5-6-12(22)9-15(11)21/h1-6,9,16H,7-8,10H2. The third-order valence-corrected chi connectivity index (χ3v) is 5.21. The Balaban J connectivity index is 1.61. The van der Waals surface area contributed by atoms with Crippen LogP contribution in [0.1, 0.15) is 30.3 Å². The zero-order valence-corrected chi connectivity index (χ0v) is 15.5. The fraction of sp³-hybridized carbons (Fsp3) is 0.211. The Morgan fingerprint density at radius 2 is 2.00 bits per heavy atom. The van der Waals surface area contributed by atoms with Crippen LogP contribution < -0.4 is 0 Å². The number of benzene rings is 2. The molecule has 0 spiro atoms. The molecule has 27 heavy (non-hydrogen) atoms. The number of hydrogen-bond donors (Lipinski definition) is 0. The third kappa shape index (κ3) is 3.55. The molecular weight excluding hydrogens is 392 g/mol. The van der Waals surface area contributed by atoms with Gasteiger partial charge in [-0.2, -0.15) is 4.98 Å². The van der Waals surface area contributed by atoms with Gasteiger partial charge in [0.2, 0.25) is 17.6 Å². The van der Waals surface area contributed by atoms with E-state index >= 15 is 0 Å². The minimum Gasteiger partial charge on any atom is -0.337 e. The van der Waals surface area contributed by atoms with Crippen LogP contribution in [0.2, 0.25) is 10.0 Å². The highest BCUT2D eigenvalue weighted by atomic mass is 35.5. The van der Waals surface area contributed by atoms with Gasteiger partial charge in [0, 0.05) is 23.6 Å². The summed E-state index contributed by atoms with van der Waals surface area (Å²) in [6.07, 6.45) is 0.926. The lowest BCUT2D eigenvalue weighted by Gasteiger charge is -2.22. The van der Waals surface area contributed by atoms with Crippen LogP contribution in [0, 0.1) is 5.82 Å². The van der Waals surface area contributed by atoms with Crippen molar-refractivity contribution in [2.75, 3.05) is 0 Å². The van der Waals surface area contributed by atoms with Gasteiger partial charge in [0.1, 0.15) is 11.9 Å². The van der Waals surface area contributed by atoms with Gasteiger partial charge in [0.15, 0.2) is 0 Å². The van der Waals surface area contributed by atoms with E-state index in [1.54, 1.807) is 23.1 Å². The van der Waals surface area contributed by atoms with Crippen molar-refractivity contribution >= 4 is 29.1 Å². The van der Waals surface area contributed by atoms with Crippen molar-refractivity contribution in [3.05, 3.63) is 69.8 Å². The van der Waals surface area contributed by atoms with Gasteiger partial charge in [-0.15, -0.1) is 0 Å². The number of amides is 1. The number of carbonyl (C=O) groups is 1. The summed E-state index contributed by atoms with van der Waals surface area (Å²) in [7, 11) is 0. The highest BCUT2D eigenvalue weighted by Crippen LogP contribution is 2.35. The maximum Gasteiger partial charge on any atom is 0.249 e. The molecule has 1 amide bonds. The summed E-state index contributed by atoms with van der Waals surface area (Å²) in [6.45, 7) is 0.242. The smallest absolute Gasteiger partial charge is 0.249 e. The van der Waals surface area contributed by atoms with Gasteiger partial charge in [0.05, 0.1) is 5.02 Å². The normalized spacial score (nSPS) is 16.9. The molecule has 1 unspecified atom stereocenters. The monoisotopic (exact) mass is 405 g/mol. The number of rotatable bonds is 4. The van der Waals surface area contributed by atoms with Gasteiger partial charge in [-0.3, -0.25) is 4.79 Å². The zero-order valence-electron chi connectivity index (χ0n) is 14.0. The number of nitrogens with zero attached hydrogens (tertiary/aromatic N) is 3. The van der Waals surface area contributed by atoms with Gasteiger partial charge in [-0.1, -0.05) is 46.6 Å². The largest absolute Gasteiger partial charge is 0.337 e. The summed E-state index contributed by atoms with van der Waals surface area (Å²) in [5.41, 5.74) is 1.32. The molecule has 1 aliphatic rings. The lowest BCUT2D eigenvalue weighted by atomic mass is 10.1. The van der Waals surface area contributed by atoms with Gasteiger partial charge >= 0.3 is 0 Å². The van der Waals surface area contributed by atoms with Crippen LogP contribution >= 0.6 is 23.2 Å². The van der Waals surface area contributed by atoms with Crippen molar-refractivity contribution in [3.63, 3.8) is 0 Å². The molecule has 8 heteroatoms. The summed E-state index contributed by atoms with van der Waals surface area (Å²) in [6, 6.07) is 11.0. The summed E-state index contributed by atoms with van der Waals surface area (Å²) in [4.78, 5) is 18.4. The Bertz CT molecular complexity index is 1010. The highest BCUT2D eigenvalue weighted by molar-refractivity contribution is 6.33. The first-order chi connectivity index (χ1) is 13.0. The van der Waals surface area contributed by atoms with Crippen LogP contribution in [0.5, 0.6) is 0 Å². The zero-order chi connectivity index (χ0) is 19.0. The highest BCUT2D eigenvalue weighted by Gasteiger charge is 2.36. The lowest BCUT2D eigenvalue weighted by molar-refractivity contribution is -0.129. The molecule has 4 rings (SSSR count). The summed E-state index contributed by atoms with van der Waals surface area (Å²) >= 11 is 12.3. The molecule has 0 bridgehead atoms. The topological polar surface area (TPSA) is 59.2 Å². The van der Waals surface area contributed by atoms with E-state index in [1.807, 2.05) is 12.1 Å². The summed E-state index contributed by atoms with van der Waals surface area (Å²) in [5, 5.41) is 4.79. The Labute approximate surface area is 164 Å². The number of hydrogen-bond acceptors (Lipinski definition) is 4. The van der Waals surface area contributed by atoms with Crippen LogP contribution in [0.25, 0.3) is 11.4 Å². The maximum absolute atomic E-state index is 13.3. The second-order valence-electron chi connectivity index (χ2n) is 6.25. The average Bonchev–Trinajstić information content (AvgIpc) is 3.25. The minimum atomic E-state index is -0.422. The van der Waals surface area contributed by atoms with Crippen LogP contribution in [0.4, 0.5) is 4.39 Å². The third-order valence-electron chi connectivity index (χ3n) is 4.53. The number of halogens is 3. The Morgan fingerprint density at radius 3 is 2.78 bits per heavy atom. The molecule has 1 aromatic heterocycles. The molecule has 0 radical (unpaired) electrons. The van der Waals surface area contributed by atoms with Gasteiger partial charge in [-0.25, -0.2) is 4.39 Å².